The number of ether oxygens (including phenoxy) is 2. The first-order chi connectivity index (χ1) is 19.0. The van der Waals surface area contributed by atoms with Gasteiger partial charge in [0.1, 0.15) is 30.3 Å². The summed E-state index contributed by atoms with van der Waals surface area (Å²) >= 11 is 6.51. The lowest BCUT2D eigenvalue weighted by atomic mass is 10.0. The lowest BCUT2D eigenvalue weighted by Gasteiger charge is -2.35. The summed E-state index contributed by atoms with van der Waals surface area (Å²) in [5.74, 6) is 1.57. The summed E-state index contributed by atoms with van der Waals surface area (Å²) in [6.45, 7) is 2.22. The van der Waals surface area contributed by atoms with Gasteiger partial charge in [-0.3, -0.25) is 9.78 Å². The Morgan fingerprint density at radius 3 is 2.67 bits per heavy atom. The summed E-state index contributed by atoms with van der Waals surface area (Å²) in [7, 11) is 3.96. The van der Waals surface area contributed by atoms with Crippen LogP contribution in [0.4, 0.5) is 11.5 Å². The number of rotatable bonds is 9. The fourth-order valence-electron chi connectivity index (χ4n) is 4.59. The van der Waals surface area contributed by atoms with E-state index in [0.29, 0.717) is 39.8 Å². The predicted molar refractivity (Wildman–Crippen MR) is 152 cm³/mol. The molecule has 1 fully saturated rings. The van der Waals surface area contributed by atoms with Crippen LogP contribution in [0.3, 0.4) is 0 Å². The molecule has 0 spiro atoms. The summed E-state index contributed by atoms with van der Waals surface area (Å²) in [4.78, 5) is 30.1. The number of halogens is 1. The number of likely N-dealkylation sites (tertiary alicyclic amines) is 1. The van der Waals surface area contributed by atoms with Crippen molar-refractivity contribution in [2.24, 2.45) is 0 Å². The third-order valence-corrected chi connectivity index (χ3v) is 7.20. The number of amides is 1. The molecule has 4 aromatic rings. The number of nitrogens with one attached hydrogen (secondary N) is 1. The number of benzene rings is 2. The zero-order valence-corrected chi connectivity index (χ0v) is 22.8. The molecule has 1 amide bonds. The first kappa shape index (κ1) is 26.6. The van der Waals surface area contributed by atoms with Crippen molar-refractivity contribution in [3.8, 4) is 11.5 Å². The average molecular weight is 547 g/mol. The van der Waals surface area contributed by atoms with Crippen molar-refractivity contribution in [3.63, 3.8) is 0 Å². The van der Waals surface area contributed by atoms with Crippen LogP contribution in [0.5, 0.6) is 11.5 Å². The van der Waals surface area contributed by atoms with E-state index in [0.717, 1.165) is 37.3 Å². The second-order valence-corrected chi connectivity index (χ2v) is 9.99. The van der Waals surface area contributed by atoms with E-state index < -0.39 is 0 Å². The van der Waals surface area contributed by atoms with Crippen LogP contribution < -0.4 is 14.8 Å². The molecule has 0 saturated carbocycles. The summed E-state index contributed by atoms with van der Waals surface area (Å²) < 4.78 is 11.9. The second kappa shape index (κ2) is 12.3. The van der Waals surface area contributed by atoms with Crippen LogP contribution in [-0.2, 0) is 11.4 Å². The molecule has 0 unspecified atom stereocenters. The SMILES string of the molecule is CN1CCC(N(C)C(=O)COc2cccc3ncnc(Nc4ccc(OCc5ccccn5)c(Cl)c4)c23)CC1. The van der Waals surface area contributed by atoms with Crippen LogP contribution >= 0.6 is 11.6 Å². The minimum Gasteiger partial charge on any atom is -0.486 e. The Hall–Kier alpha value is -3.95. The van der Waals surface area contributed by atoms with Crippen LogP contribution in [-0.4, -0.2) is 70.5 Å². The largest absolute Gasteiger partial charge is 0.486 e. The summed E-state index contributed by atoms with van der Waals surface area (Å²) in [5.41, 5.74) is 2.23. The number of anilines is 2. The maximum Gasteiger partial charge on any atom is 0.260 e. The lowest BCUT2D eigenvalue weighted by molar-refractivity contribution is -0.134. The summed E-state index contributed by atoms with van der Waals surface area (Å²) in [5, 5.41) is 4.45. The summed E-state index contributed by atoms with van der Waals surface area (Å²) in [6.07, 6.45) is 5.13. The van der Waals surface area contributed by atoms with Gasteiger partial charge in [-0.05, 0) is 75.4 Å². The Labute approximate surface area is 232 Å². The molecule has 0 bridgehead atoms. The highest BCUT2D eigenvalue weighted by Crippen LogP contribution is 2.34. The van der Waals surface area contributed by atoms with Crippen LogP contribution in [0.1, 0.15) is 18.5 Å². The van der Waals surface area contributed by atoms with Gasteiger partial charge in [-0.25, -0.2) is 9.97 Å². The van der Waals surface area contributed by atoms with Crippen molar-refractivity contribution in [3.05, 3.63) is 77.8 Å². The van der Waals surface area contributed by atoms with Gasteiger partial charge in [-0.15, -0.1) is 0 Å². The van der Waals surface area contributed by atoms with Gasteiger partial charge in [0.25, 0.3) is 5.91 Å². The van der Waals surface area contributed by atoms with E-state index in [9.17, 15) is 4.79 Å². The molecule has 5 rings (SSSR count). The maximum atomic E-state index is 12.9. The van der Waals surface area contributed by atoms with E-state index in [1.807, 2.05) is 54.4 Å². The van der Waals surface area contributed by atoms with Crippen molar-refractivity contribution >= 4 is 39.9 Å². The lowest BCUT2D eigenvalue weighted by Crippen LogP contribution is -2.45. The monoisotopic (exact) mass is 546 g/mol. The van der Waals surface area contributed by atoms with Crippen molar-refractivity contribution in [1.82, 2.24) is 24.8 Å². The Bertz CT molecular complexity index is 1420. The number of piperidine rings is 1. The Balaban J connectivity index is 1.29. The number of hydrogen-bond acceptors (Lipinski definition) is 8. The molecule has 1 aliphatic heterocycles. The van der Waals surface area contributed by atoms with E-state index in [4.69, 9.17) is 21.1 Å². The molecule has 202 valence electrons. The third-order valence-electron chi connectivity index (χ3n) is 6.90. The molecule has 3 heterocycles. The molecule has 0 radical (unpaired) electrons. The third kappa shape index (κ3) is 6.55. The second-order valence-electron chi connectivity index (χ2n) is 9.58. The topological polar surface area (TPSA) is 92.7 Å². The molecule has 1 N–H and O–H groups in total. The highest BCUT2D eigenvalue weighted by Gasteiger charge is 2.24. The normalized spacial score (nSPS) is 14.2. The number of likely N-dealkylation sites (N-methyl/N-ethyl adjacent to an activating group) is 1. The maximum absolute atomic E-state index is 12.9. The molecule has 0 aliphatic carbocycles. The molecule has 9 nitrogen and oxygen atoms in total. The van der Waals surface area contributed by atoms with Crippen molar-refractivity contribution in [1.29, 1.82) is 0 Å². The molecular formula is C29H31ClN6O3. The van der Waals surface area contributed by atoms with Crippen LogP contribution in [0, 0.1) is 0 Å². The minimum absolute atomic E-state index is 0.0546. The zero-order chi connectivity index (χ0) is 27.2. The van der Waals surface area contributed by atoms with Crippen molar-refractivity contribution in [2.75, 3.05) is 39.1 Å². The minimum atomic E-state index is -0.0651. The molecule has 2 aromatic carbocycles. The fourth-order valence-corrected chi connectivity index (χ4v) is 4.82. The molecule has 10 heteroatoms. The van der Waals surface area contributed by atoms with Crippen molar-refractivity contribution in [2.45, 2.75) is 25.5 Å². The zero-order valence-electron chi connectivity index (χ0n) is 22.0. The first-order valence-electron chi connectivity index (χ1n) is 12.9. The molecule has 1 aliphatic rings. The van der Waals surface area contributed by atoms with Gasteiger partial charge in [0.2, 0.25) is 0 Å². The highest BCUT2D eigenvalue weighted by molar-refractivity contribution is 6.32. The fraction of sp³-hybridized carbons (Fsp3) is 0.310. The number of fused-ring (bicyclic) bond motifs is 1. The van der Waals surface area contributed by atoms with E-state index >= 15 is 0 Å². The van der Waals surface area contributed by atoms with E-state index in [1.54, 1.807) is 18.3 Å². The Kier molecular flexibility index (Phi) is 8.39. The van der Waals surface area contributed by atoms with Gasteiger partial charge < -0.3 is 24.6 Å². The quantitative estimate of drug-likeness (QED) is 0.316. The van der Waals surface area contributed by atoms with Crippen LogP contribution in [0.2, 0.25) is 5.02 Å². The summed E-state index contributed by atoms with van der Waals surface area (Å²) in [6, 6.07) is 16.9. The van der Waals surface area contributed by atoms with Gasteiger partial charge >= 0.3 is 0 Å². The average Bonchev–Trinajstić information content (AvgIpc) is 2.96. The predicted octanol–water partition coefficient (Wildman–Crippen LogP) is 4.93. The van der Waals surface area contributed by atoms with E-state index in [-0.39, 0.29) is 18.6 Å². The number of nitrogens with zero attached hydrogens (tertiary/aromatic N) is 5. The smallest absolute Gasteiger partial charge is 0.260 e. The molecule has 1 saturated heterocycles. The number of pyridine rings is 1. The molecular weight excluding hydrogens is 516 g/mol. The van der Waals surface area contributed by atoms with Gasteiger partial charge in [-0.2, -0.15) is 0 Å². The Morgan fingerprint density at radius 2 is 1.90 bits per heavy atom. The van der Waals surface area contributed by atoms with E-state index in [1.165, 1.54) is 6.33 Å². The molecule has 39 heavy (non-hydrogen) atoms. The van der Waals surface area contributed by atoms with E-state index in [2.05, 4.69) is 32.2 Å². The number of aromatic nitrogens is 3. The van der Waals surface area contributed by atoms with Gasteiger partial charge in [-0.1, -0.05) is 23.7 Å². The van der Waals surface area contributed by atoms with Gasteiger partial charge in [0.15, 0.2) is 6.61 Å². The number of carbonyl (C=O) groups excluding carboxylic acids is 1. The van der Waals surface area contributed by atoms with Gasteiger partial charge in [0, 0.05) is 25.0 Å². The van der Waals surface area contributed by atoms with Crippen LogP contribution in [0.15, 0.2) is 67.1 Å². The van der Waals surface area contributed by atoms with Gasteiger partial charge in [0.05, 0.1) is 21.6 Å². The Morgan fingerprint density at radius 1 is 1.05 bits per heavy atom. The molecule has 0 atom stereocenters. The standard InChI is InChI=1S/C29H31ClN6O3/c1-35-14-11-22(12-15-35)36(2)27(37)18-39-26-8-5-7-24-28(26)29(33-19-32-24)34-20-9-10-25(23(30)16-20)38-17-21-6-3-4-13-31-21/h3-10,13,16,19,22H,11-12,14-15,17-18H2,1-2H3,(H,32,33,34). The number of hydrogen-bond donors (Lipinski definition) is 1. The molecule has 2 aromatic heterocycles. The van der Waals surface area contributed by atoms with Crippen LogP contribution in [0.25, 0.3) is 10.9 Å². The first-order valence-corrected chi connectivity index (χ1v) is 13.3. The highest BCUT2D eigenvalue weighted by atomic mass is 35.5. The van der Waals surface area contributed by atoms with Crippen molar-refractivity contribution < 1.29 is 14.3 Å². The number of carbonyl (C=O) groups is 1.